The molecule has 0 N–H and O–H groups in total. The van der Waals surface area contributed by atoms with Crippen molar-refractivity contribution in [3.05, 3.63) is 46.6 Å². The van der Waals surface area contributed by atoms with Crippen molar-refractivity contribution in [2.45, 2.75) is 6.92 Å². The van der Waals surface area contributed by atoms with Gasteiger partial charge in [0.2, 0.25) is 0 Å². The zero-order chi connectivity index (χ0) is 10.1. The third-order valence-electron chi connectivity index (χ3n) is 2.07. The maximum Gasteiger partial charge on any atom is 0.252 e. The van der Waals surface area contributed by atoms with Crippen LogP contribution in [0.5, 0.6) is 0 Å². The highest BCUT2D eigenvalue weighted by Crippen LogP contribution is 2.03. The summed E-state index contributed by atoms with van der Waals surface area (Å²) in [5.74, 6) is 0. The highest BCUT2D eigenvalue weighted by atomic mass is 16.1. The minimum Gasteiger partial charge on any atom is -0.318 e. The fourth-order valence-corrected chi connectivity index (χ4v) is 1.24. The molecule has 4 heteroatoms. The van der Waals surface area contributed by atoms with Crippen LogP contribution >= 0.6 is 0 Å². The van der Waals surface area contributed by atoms with Gasteiger partial charge in [0, 0.05) is 25.5 Å². The van der Waals surface area contributed by atoms with Crippen LogP contribution in [-0.2, 0) is 7.05 Å². The molecular formula is C10H11N3O. The molecule has 0 atom stereocenters. The van der Waals surface area contributed by atoms with Gasteiger partial charge in [-0.25, -0.2) is 4.68 Å². The van der Waals surface area contributed by atoms with Crippen molar-refractivity contribution >= 4 is 0 Å². The molecule has 2 aromatic rings. The Labute approximate surface area is 81.4 Å². The van der Waals surface area contributed by atoms with E-state index in [1.165, 1.54) is 4.57 Å². The topological polar surface area (TPSA) is 39.8 Å². The summed E-state index contributed by atoms with van der Waals surface area (Å²) in [6, 6.07) is 5.32. The Kier molecular flexibility index (Phi) is 1.96. The Morgan fingerprint density at radius 3 is 2.64 bits per heavy atom. The lowest BCUT2D eigenvalue weighted by atomic mass is 10.4. The fraction of sp³-hybridized carbons (Fsp3) is 0.200. The second kappa shape index (κ2) is 3.14. The van der Waals surface area contributed by atoms with E-state index in [1.807, 2.05) is 25.3 Å². The fourth-order valence-electron chi connectivity index (χ4n) is 1.24. The first-order valence-corrected chi connectivity index (χ1v) is 4.36. The van der Waals surface area contributed by atoms with Crippen molar-refractivity contribution in [2.24, 2.45) is 7.05 Å². The van der Waals surface area contributed by atoms with E-state index < -0.39 is 0 Å². The highest BCUT2D eigenvalue weighted by molar-refractivity contribution is 5.28. The Hall–Kier alpha value is -1.84. The summed E-state index contributed by atoms with van der Waals surface area (Å²) in [6.45, 7) is 1.91. The average molecular weight is 189 g/mol. The lowest BCUT2D eigenvalue weighted by Crippen LogP contribution is -2.15. The molecule has 0 radical (unpaired) electrons. The number of pyridine rings is 1. The van der Waals surface area contributed by atoms with Crippen LogP contribution in [0.1, 0.15) is 5.69 Å². The monoisotopic (exact) mass is 189 g/mol. The number of hydrogen-bond acceptors (Lipinski definition) is 2. The Bertz CT molecular complexity index is 510. The summed E-state index contributed by atoms with van der Waals surface area (Å²) in [5, 5.41) is 4.22. The van der Waals surface area contributed by atoms with Gasteiger partial charge in [-0.15, -0.1) is 0 Å². The summed E-state index contributed by atoms with van der Waals surface area (Å²) < 4.78 is 3.22. The van der Waals surface area contributed by atoms with Crippen LogP contribution in [0.15, 0.2) is 35.4 Å². The molecule has 4 nitrogen and oxygen atoms in total. The predicted molar refractivity (Wildman–Crippen MR) is 53.5 cm³/mol. The maximum absolute atomic E-state index is 11.3. The largest absolute Gasteiger partial charge is 0.318 e. The molecule has 0 aliphatic carbocycles. The van der Waals surface area contributed by atoms with E-state index in [4.69, 9.17) is 0 Å². The van der Waals surface area contributed by atoms with Crippen LogP contribution in [0.4, 0.5) is 0 Å². The lowest BCUT2D eigenvalue weighted by Gasteiger charge is -2.01. The number of rotatable bonds is 1. The van der Waals surface area contributed by atoms with Crippen molar-refractivity contribution < 1.29 is 0 Å². The second-order valence-electron chi connectivity index (χ2n) is 3.24. The SMILES string of the molecule is Cc1ccn(-c2ccn(C)c(=O)c2)n1. The molecule has 0 aliphatic heterocycles. The number of nitrogens with zero attached hydrogens (tertiary/aromatic N) is 3. The van der Waals surface area contributed by atoms with Gasteiger partial charge in [-0.3, -0.25) is 4.79 Å². The van der Waals surface area contributed by atoms with E-state index in [0.29, 0.717) is 0 Å². The first-order chi connectivity index (χ1) is 6.66. The van der Waals surface area contributed by atoms with Crippen LogP contribution in [0.3, 0.4) is 0 Å². The third-order valence-corrected chi connectivity index (χ3v) is 2.07. The molecule has 0 aliphatic rings. The summed E-state index contributed by atoms with van der Waals surface area (Å²) in [4.78, 5) is 11.3. The van der Waals surface area contributed by atoms with Crippen LogP contribution in [0.2, 0.25) is 0 Å². The molecule has 0 saturated heterocycles. The van der Waals surface area contributed by atoms with E-state index in [9.17, 15) is 4.79 Å². The van der Waals surface area contributed by atoms with E-state index in [1.54, 1.807) is 24.0 Å². The van der Waals surface area contributed by atoms with Gasteiger partial charge in [0.1, 0.15) is 0 Å². The highest BCUT2D eigenvalue weighted by Gasteiger charge is 1.99. The van der Waals surface area contributed by atoms with E-state index in [2.05, 4.69) is 5.10 Å². The summed E-state index contributed by atoms with van der Waals surface area (Å²) in [6.07, 6.45) is 3.57. The van der Waals surface area contributed by atoms with Crippen LogP contribution in [0, 0.1) is 6.92 Å². The summed E-state index contributed by atoms with van der Waals surface area (Å²) in [5.41, 5.74) is 1.70. The number of aromatic nitrogens is 3. The first-order valence-electron chi connectivity index (χ1n) is 4.36. The van der Waals surface area contributed by atoms with Crippen molar-refractivity contribution in [2.75, 3.05) is 0 Å². The van der Waals surface area contributed by atoms with Gasteiger partial charge in [-0.2, -0.15) is 5.10 Å². The Morgan fingerprint density at radius 1 is 1.29 bits per heavy atom. The van der Waals surface area contributed by atoms with Gasteiger partial charge in [0.05, 0.1) is 11.4 Å². The first kappa shape index (κ1) is 8.74. The zero-order valence-electron chi connectivity index (χ0n) is 8.14. The van der Waals surface area contributed by atoms with Crippen LogP contribution < -0.4 is 5.56 Å². The van der Waals surface area contributed by atoms with Crippen LogP contribution in [-0.4, -0.2) is 14.3 Å². The van der Waals surface area contributed by atoms with Crippen molar-refractivity contribution in [1.29, 1.82) is 0 Å². The van der Waals surface area contributed by atoms with E-state index >= 15 is 0 Å². The maximum atomic E-state index is 11.3. The number of hydrogen-bond donors (Lipinski definition) is 0. The van der Waals surface area contributed by atoms with Crippen LogP contribution in [0.25, 0.3) is 5.69 Å². The molecule has 0 bridgehead atoms. The quantitative estimate of drug-likeness (QED) is 0.668. The molecule has 2 heterocycles. The molecule has 0 saturated carbocycles. The molecule has 2 aromatic heterocycles. The molecule has 72 valence electrons. The average Bonchev–Trinajstić information content (AvgIpc) is 2.57. The molecule has 0 fully saturated rings. The second-order valence-corrected chi connectivity index (χ2v) is 3.24. The minimum atomic E-state index is -0.0318. The minimum absolute atomic E-state index is 0.0318. The van der Waals surface area contributed by atoms with Gasteiger partial charge in [0.15, 0.2) is 0 Å². The molecule has 0 unspecified atom stereocenters. The van der Waals surface area contributed by atoms with Crippen molar-refractivity contribution in [3.63, 3.8) is 0 Å². The molecule has 0 spiro atoms. The molecular weight excluding hydrogens is 178 g/mol. The van der Waals surface area contributed by atoms with Gasteiger partial charge < -0.3 is 4.57 Å². The summed E-state index contributed by atoms with van der Waals surface area (Å²) >= 11 is 0. The zero-order valence-corrected chi connectivity index (χ0v) is 8.14. The number of aryl methyl sites for hydroxylation is 2. The third kappa shape index (κ3) is 1.46. The Morgan fingerprint density at radius 2 is 2.07 bits per heavy atom. The molecule has 2 rings (SSSR count). The Balaban J connectivity index is 2.53. The van der Waals surface area contributed by atoms with Gasteiger partial charge in [-0.1, -0.05) is 0 Å². The molecule has 0 aromatic carbocycles. The van der Waals surface area contributed by atoms with E-state index in [0.717, 1.165) is 11.4 Å². The van der Waals surface area contributed by atoms with Crippen molar-refractivity contribution in [3.8, 4) is 5.69 Å². The van der Waals surface area contributed by atoms with Crippen molar-refractivity contribution in [1.82, 2.24) is 14.3 Å². The molecule has 14 heavy (non-hydrogen) atoms. The predicted octanol–water partition coefficient (Wildman–Crippen LogP) is 0.879. The van der Waals surface area contributed by atoms with Gasteiger partial charge in [0.25, 0.3) is 5.56 Å². The van der Waals surface area contributed by atoms with Gasteiger partial charge in [-0.05, 0) is 19.1 Å². The normalized spacial score (nSPS) is 10.4. The lowest BCUT2D eigenvalue weighted by molar-refractivity contribution is 0.820. The molecule has 0 amide bonds. The van der Waals surface area contributed by atoms with Gasteiger partial charge >= 0.3 is 0 Å². The summed E-state index contributed by atoms with van der Waals surface area (Å²) in [7, 11) is 1.72. The smallest absolute Gasteiger partial charge is 0.252 e. The standard InChI is InChI=1S/C10H11N3O/c1-8-3-6-13(11-8)9-4-5-12(2)10(14)7-9/h3-7H,1-2H3. The van der Waals surface area contributed by atoms with E-state index in [-0.39, 0.29) is 5.56 Å².